The van der Waals surface area contributed by atoms with E-state index in [1.165, 1.54) is 50.5 Å². The number of methoxy groups -OCH3 is 1. The number of nitrogens with zero attached hydrogens (tertiary/aromatic N) is 1. The minimum atomic E-state index is -1.32. The minimum absolute atomic E-state index is 0.0742. The molecule has 4 rings (SSSR count). The number of carbonyl (C=O) groups is 1. The summed E-state index contributed by atoms with van der Waals surface area (Å²) in [7, 11) is 3.59. The predicted molar refractivity (Wildman–Crippen MR) is 148 cm³/mol. The maximum Gasteiger partial charge on any atom is 0.317 e. The van der Waals surface area contributed by atoms with Gasteiger partial charge >= 0.3 is 6.03 Å². The van der Waals surface area contributed by atoms with Crippen LogP contribution in [0.25, 0.3) is 11.0 Å². The molecule has 1 aliphatic heterocycles. The van der Waals surface area contributed by atoms with Crippen LogP contribution in [0.5, 0.6) is 0 Å². The van der Waals surface area contributed by atoms with E-state index in [2.05, 4.69) is 10.6 Å². The van der Waals surface area contributed by atoms with Crippen molar-refractivity contribution in [3.63, 3.8) is 0 Å². The number of likely N-dealkylation sites (N-methyl/N-ethyl adjacent to an activating group) is 1. The molecule has 1 saturated heterocycles. The second kappa shape index (κ2) is 13.8. The zero-order valence-electron chi connectivity index (χ0n) is 23.1. The monoisotopic (exact) mass is 531 g/mol. The summed E-state index contributed by atoms with van der Waals surface area (Å²) < 4.78 is 25.6. The van der Waals surface area contributed by atoms with E-state index in [0.717, 1.165) is 38.6 Å². The van der Waals surface area contributed by atoms with Gasteiger partial charge in [-0.05, 0) is 69.7 Å². The van der Waals surface area contributed by atoms with Gasteiger partial charge in [0, 0.05) is 56.3 Å². The largest absolute Gasteiger partial charge is 0.464 e. The summed E-state index contributed by atoms with van der Waals surface area (Å²) in [4.78, 5) is 15.3. The van der Waals surface area contributed by atoms with Crippen LogP contribution in [0.15, 0.2) is 28.9 Å². The standard InChI is InChI=1S/C30H46FN3O4/c1-32-20-26(17-22-9-4-3-5-10-22)33-29(35)34-14-8-11-24(21-34)30(36,13-6-7-15-37-2)27-19-25(31)18-23-12-16-38-28(23)27/h12,16,18-19,22,24,26,32,36H,3-11,13-15,17,20-21H2,1-2H3,(H,33,35)/t24-,26+,30+/m1/s1. The van der Waals surface area contributed by atoms with E-state index in [1.807, 2.05) is 11.9 Å². The first-order valence-electron chi connectivity index (χ1n) is 14.5. The number of furan rings is 1. The molecule has 0 spiro atoms. The highest BCUT2D eigenvalue weighted by molar-refractivity contribution is 5.81. The number of hydrogen-bond donors (Lipinski definition) is 3. The van der Waals surface area contributed by atoms with Crippen LogP contribution in [-0.4, -0.2) is 62.5 Å². The van der Waals surface area contributed by atoms with Crippen molar-refractivity contribution in [2.75, 3.05) is 40.4 Å². The van der Waals surface area contributed by atoms with Gasteiger partial charge in [-0.2, -0.15) is 0 Å². The number of unbranched alkanes of at least 4 members (excludes halogenated alkanes) is 1. The van der Waals surface area contributed by atoms with E-state index >= 15 is 0 Å². The molecule has 8 heteroatoms. The lowest BCUT2D eigenvalue weighted by Crippen LogP contribution is -2.54. The average Bonchev–Trinajstić information content (AvgIpc) is 3.39. The highest BCUT2D eigenvalue weighted by atomic mass is 19.1. The number of halogens is 1. The van der Waals surface area contributed by atoms with Crippen LogP contribution in [0.4, 0.5) is 9.18 Å². The van der Waals surface area contributed by atoms with Gasteiger partial charge in [0.15, 0.2) is 0 Å². The van der Waals surface area contributed by atoms with Crippen molar-refractivity contribution in [1.29, 1.82) is 0 Å². The summed E-state index contributed by atoms with van der Waals surface area (Å²) in [6, 6.07) is 4.57. The number of likely N-dealkylation sites (tertiary alicyclic amines) is 1. The van der Waals surface area contributed by atoms with Gasteiger partial charge in [0.2, 0.25) is 0 Å². The van der Waals surface area contributed by atoms with Crippen molar-refractivity contribution in [1.82, 2.24) is 15.5 Å². The lowest BCUT2D eigenvalue weighted by molar-refractivity contribution is -0.0560. The third-order valence-electron chi connectivity index (χ3n) is 8.64. The number of nitrogens with one attached hydrogen (secondary N) is 2. The first-order chi connectivity index (χ1) is 18.4. The van der Waals surface area contributed by atoms with Crippen molar-refractivity contribution < 1.29 is 23.4 Å². The lowest BCUT2D eigenvalue weighted by Gasteiger charge is -2.43. The number of urea groups is 1. The van der Waals surface area contributed by atoms with Crippen molar-refractivity contribution in [2.24, 2.45) is 11.8 Å². The van der Waals surface area contributed by atoms with Crippen molar-refractivity contribution in [2.45, 2.75) is 82.3 Å². The fraction of sp³-hybridized carbons (Fsp3) is 0.700. The normalized spacial score (nSPS) is 21.4. The molecule has 1 aromatic carbocycles. The number of piperidine rings is 1. The molecular formula is C30H46FN3O4. The Bertz CT molecular complexity index is 1020. The van der Waals surface area contributed by atoms with Gasteiger partial charge in [0.1, 0.15) is 11.4 Å². The van der Waals surface area contributed by atoms with Crippen LogP contribution in [0.2, 0.25) is 0 Å². The Labute approximate surface area is 226 Å². The van der Waals surface area contributed by atoms with E-state index in [0.29, 0.717) is 48.6 Å². The van der Waals surface area contributed by atoms with E-state index in [4.69, 9.17) is 9.15 Å². The molecule has 2 aromatic rings. The zero-order valence-corrected chi connectivity index (χ0v) is 23.1. The summed E-state index contributed by atoms with van der Waals surface area (Å²) in [6.45, 7) is 2.41. The van der Waals surface area contributed by atoms with Crippen LogP contribution >= 0.6 is 0 Å². The van der Waals surface area contributed by atoms with E-state index in [9.17, 15) is 14.3 Å². The fourth-order valence-corrected chi connectivity index (χ4v) is 6.65. The number of ether oxygens (including phenoxy) is 1. The topological polar surface area (TPSA) is 87.0 Å². The number of aliphatic hydroxyl groups is 1. The molecule has 1 aromatic heterocycles. The van der Waals surface area contributed by atoms with E-state index in [-0.39, 0.29) is 18.0 Å². The molecular weight excluding hydrogens is 485 g/mol. The highest BCUT2D eigenvalue weighted by Gasteiger charge is 2.43. The molecule has 38 heavy (non-hydrogen) atoms. The molecule has 212 valence electrons. The van der Waals surface area contributed by atoms with Crippen LogP contribution in [0, 0.1) is 17.7 Å². The van der Waals surface area contributed by atoms with Gasteiger partial charge in [-0.15, -0.1) is 0 Å². The van der Waals surface area contributed by atoms with Gasteiger partial charge in [0.05, 0.1) is 11.9 Å². The summed E-state index contributed by atoms with van der Waals surface area (Å²) in [5, 5.41) is 19.5. The predicted octanol–water partition coefficient (Wildman–Crippen LogP) is 5.56. The molecule has 7 nitrogen and oxygen atoms in total. The second-order valence-electron chi connectivity index (χ2n) is 11.4. The van der Waals surface area contributed by atoms with Gasteiger partial charge in [-0.25, -0.2) is 9.18 Å². The minimum Gasteiger partial charge on any atom is -0.464 e. The molecule has 0 radical (unpaired) electrons. The number of fused-ring (bicyclic) bond motifs is 1. The van der Waals surface area contributed by atoms with E-state index < -0.39 is 11.4 Å². The molecule has 0 bridgehead atoms. The Morgan fingerprint density at radius 2 is 2.05 bits per heavy atom. The fourth-order valence-electron chi connectivity index (χ4n) is 6.65. The molecule has 2 aliphatic rings. The molecule has 1 aliphatic carbocycles. The second-order valence-corrected chi connectivity index (χ2v) is 11.4. The first kappa shape index (κ1) is 28.8. The third kappa shape index (κ3) is 7.07. The van der Waals surface area contributed by atoms with Crippen LogP contribution < -0.4 is 10.6 Å². The Balaban J connectivity index is 1.51. The maximum atomic E-state index is 14.7. The zero-order chi connectivity index (χ0) is 27.0. The molecule has 2 amide bonds. The van der Waals surface area contributed by atoms with Crippen LogP contribution in [-0.2, 0) is 10.3 Å². The Kier molecular flexibility index (Phi) is 10.4. The Morgan fingerprint density at radius 3 is 2.82 bits per heavy atom. The Hall–Kier alpha value is -2.16. The van der Waals surface area contributed by atoms with Gasteiger partial charge in [-0.1, -0.05) is 32.1 Å². The molecule has 2 fully saturated rings. The summed E-state index contributed by atoms with van der Waals surface area (Å²) in [5.41, 5.74) is -0.325. The number of benzene rings is 1. The van der Waals surface area contributed by atoms with Crippen molar-refractivity contribution in [3.8, 4) is 0 Å². The third-order valence-corrected chi connectivity index (χ3v) is 8.64. The molecule has 1 saturated carbocycles. The van der Waals surface area contributed by atoms with E-state index in [1.54, 1.807) is 13.2 Å². The van der Waals surface area contributed by atoms with Gasteiger partial charge in [0.25, 0.3) is 0 Å². The van der Waals surface area contributed by atoms with Gasteiger partial charge in [-0.3, -0.25) is 0 Å². The SMILES string of the molecule is CNC[C@H](CC1CCCCC1)NC(=O)N1CCC[C@@H]([C@@](O)(CCCCOC)c2cc(F)cc3ccoc23)C1. The Morgan fingerprint density at radius 1 is 1.24 bits per heavy atom. The van der Waals surface area contributed by atoms with Crippen LogP contribution in [0.3, 0.4) is 0 Å². The van der Waals surface area contributed by atoms with Crippen molar-refractivity contribution in [3.05, 3.63) is 35.8 Å². The molecule has 0 unspecified atom stereocenters. The number of rotatable bonds is 12. The number of amides is 2. The molecule has 2 heterocycles. The van der Waals surface area contributed by atoms with Crippen LogP contribution in [0.1, 0.15) is 76.2 Å². The lowest BCUT2D eigenvalue weighted by atomic mass is 9.73. The summed E-state index contributed by atoms with van der Waals surface area (Å²) in [6.07, 6.45) is 12.4. The summed E-state index contributed by atoms with van der Waals surface area (Å²) in [5.74, 6) is 0.0327. The number of carbonyl (C=O) groups excluding carboxylic acids is 1. The quantitative estimate of drug-likeness (QED) is 0.312. The maximum absolute atomic E-state index is 14.7. The highest BCUT2D eigenvalue weighted by Crippen LogP contribution is 2.43. The number of hydrogen-bond acceptors (Lipinski definition) is 5. The smallest absolute Gasteiger partial charge is 0.317 e. The van der Waals surface area contributed by atoms with Crippen molar-refractivity contribution >= 4 is 17.0 Å². The first-order valence-corrected chi connectivity index (χ1v) is 14.5. The summed E-state index contributed by atoms with van der Waals surface area (Å²) >= 11 is 0. The molecule has 3 atom stereocenters. The molecule has 3 N–H and O–H groups in total. The van der Waals surface area contributed by atoms with Gasteiger partial charge < -0.3 is 29.8 Å². The average molecular weight is 532 g/mol.